The van der Waals surface area contributed by atoms with E-state index in [1.165, 1.54) is 11.8 Å². The Morgan fingerprint density at radius 1 is 1.24 bits per heavy atom. The van der Waals surface area contributed by atoms with E-state index in [9.17, 15) is 4.79 Å². The summed E-state index contributed by atoms with van der Waals surface area (Å²) in [4.78, 5) is 20.0. The van der Waals surface area contributed by atoms with Crippen LogP contribution in [0.15, 0.2) is 58.5 Å². The van der Waals surface area contributed by atoms with Crippen LogP contribution in [0.5, 0.6) is 5.75 Å². The summed E-state index contributed by atoms with van der Waals surface area (Å²) in [5.74, 6) is 1.54. The van der Waals surface area contributed by atoms with Crippen LogP contribution in [-0.2, 0) is 11.3 Å². The molecule has 2 aromatic heterocycles. The van der Waals surface area contributed by atoms with Gasteiger partial charge in [0.25, 0.3) is 0 Å². The molecule has 0 aliphatic heterocycles. The number of thioether (sulfide) groups is 1. The van der Waals surface area contributed by atoms with Crippen LogP contribution in [0, 0.1) is 0 Å². The molecule has 1 amide bonds. The molecule has 1 N–H and O–H groups in total. The fraction of sp³-hybridized carbons (Fsp3) is 0.176. The van der Waals surface area contributed by atoms with Crippen molar-refractivity contribution >= 4 is 17.7 Å². The van der Waals surface area contributed by atoms with Crippen molar-refractivity contribution in [1.29, 1.82) is 0 Å². The van der Waals surface area contributed by atoms with Crippen LogP contribution in [0.2, 0.25) is 0 Å². The monoisotopic (exact) mass is 356 g/mol. The zero-order chi connectivity index (χ0) is 17.5. The number of methoxy groups -OCH3 is 1. The second-order valence-electron chi connectivity index (χ2n) is 5.01. The number of hydrogen-bond donors (Lipinski definition) is 1. The van der Waals surface area contributed by atoms with Crippen LogP contribution >= 0.6 is 11.8 Å². The molecule has 0 aliphatic carbocycles. The van der Waals surface area contributed by atoms with Crippen molar-refractivity contribution in [3.8, 4) is 17.1 Å². The number of nitrogens with zero attached hydrogens (tertiary/aromatic N) is 3. The lowest BCUT2D eigenvalue weighted by Gasteiger charge is -2.01. The molecule has 8 heteroatoms. The Morgan fingerprint density at radius 3 is 2.72 bits per heavy atom. The highest BCUT2D eigenvalue weighted by Crippen LogP contribution is 2.23. The van der Waals surface area contributed by atoms with E-state index in [1.54, 1.807) is 31.6 Å². The van der Waals surface area contributed by atoms with Gasteiger partial charge in [-0.2, -0.15) is 0 Å². The summed E-state index contributed by atoms with van der Waals surface area (Å²) < 4.78 is 10.4. The van der Waals surface area contributed by atoms with Crippen molar-refractivity contribution in [3.63, 3.8) is 0 Å². The molecular formula is C17H16N4O3S. The lowest BCUT2D eigenvalue weighted by atomic mass is 10.1. The molecule has 25 heavy (non-hydrogen) atoms. The summed E-state index contributed by atoms with van der Waals surface area (Å²) in [6.45, 7) is 0.300. The SMILES string of the molecule is COc1ccc(-c2cc(CNC(=O)CSc3ncccn3)no2)cc1. The van der Waals surface area contributed by atoms with Crippen LogP contribution in [0.1, 0.15) is 5.69 Å². The van der Waals surface area contributed by atoms with Crippen LogP contribution in [0.25, 0.3) is 11.3 Å². The van der Waals surface area contributed by atoms with Crippen molar-refractivity contribution in [1.82, 2.24) is 20.4 Å². The van der Waals surface area contributed by atoms with Crippen molar-refractivity contribution < 1.29 is 14.1 Å². The Labute approximate surface area is 148 Å². The first-order valence-corrected chi connectivity index (χ1v) is 8.49. The van der Waals surface area contributed by atoms with Crippen LogP contribution < -0.4 is 10.1 Å². The summed E-state index contributed by atoms with van der Waals surface area (Å²) in [5, 5.41) is 7.34. The van der Waals surface area contributed by atoms with E-state index in [4.69, 9.17) is 9.26 Å². The molecule has 0 radical (unpaired) electrons. The molecule has 0 saturated carbocycles. The van der Waals surface area contributed by atoms with Gasteiger partial charge in [0.05, 0.1) is 19.4 Å². The summed E-state index contributed by atoms with van der Waals surface area (Å²) in [6, 6.07) is 11.0. The minimum absolute atomic E-state index is 0.119. The summed E-state index contributed by atoms with van der Waals surface area (Å²) in [6.07, 6.45) is 3.28. The van der Waals surface area contributed by atoms with Gasteiger partial charge in [0.1, 0.15) is 11.4 Å². The average Bonchev–Trinajstić information content (AvgIpc) is 3.14. The highest BCUT2D eigenvalue weighted by Gasteiger charge is 2.09. The topological polar surface area (TPSA) is 90.1 Å². The van der Waals surface area contributed by atoms with Crippen molar-refractivity contribution in [2.24, 2.45) is 0 Å². The van der Waals surface area contributed by atoms with Gasteiger partial charge in [-0.25, -0.2) is 9.97 Å². The van der Waals surface area contributed by atoms with E-state index >= 15 is 0 Å². The quantitative estimate of drug-likeness (QED) is 0.514. The highest BCUT2D eigenvalue weighted by atomic mass is 32.2. The number of carbonyl (C=O) groups is 1. The van der Waals surface area contributed by atoms with E-state index < -0.39 is 0 Å². The third-order valence-electron chi connectivity index (χ3n) is 3.27. The molecule has 0 atom stereocenters. The minimum Gasteiger partial charge on any atom is -0.497 e. The van der Waals surface area contributed by atoms with Crippen LogP contribution in [-0.4, -0.2) is 33.9 Å². The van der Waals surface area contributed by atoms with E-state index in [0.717, 1.165) is 11.3 Å². The number of benzene rings is 1. The van der Waals surface area contributed by atoms with Gasteiger partial charge in [-0.15, -0.1) is 0 Å². The normalized spacial score (nSPS) is 10.4. The largest absolute Gasteiger partial charge is 0.497 e. The number of nitrogens with one attached hydrogen (secondary N) is 1. The maximum absolute atomic E-state index is 11.9. The predicted octanol–water partition coefficient (Wildman–Crippen LogP) is 2.55. The number of aromatic nitrogens is 3. The number of amides is 1. The van der Waals surface area contributed by atoms with Gasteiger partial charge in [-0.3, -0.25) is 4.79 Å². The first-order chi connectivity index (χ1) is 12.2. The van der Waals surface area contributed by atoms with E-state index in [1.807, 2.05) is 24.3 Å². The number of rotatable bonds is 7. The number of carbonyl (C=O) groups excluding carboxylic acids is 1. The molecule has 2 heterocycles. The van der Waals surface area contributed by atoms with Gasteiger partial charge in [0, 0.05) is 24.0 Å². The summed E-state index contributed by atoms with van der Waals surface area (Å²) in [7, 11) is 1.62. The summed E-state index contributed by atoms with van der Waals surface area (Å²) >= 11 is 1.28. The fourth-order valence-electron chi connectivity index (χ4n) is 2.02. The number of ether oxygens (including phenoxy) is 1. The zero-order valence-corrected chi connectivity index (χ0v) is 14.3. The molecular weight excluding hydrogens is 340 g/mol. The minimum atomic E-state index is -0.119. The molecule has 0 fully saturated rings. The second-order valence-corrected chi connectivity index (χ2v) is 5.95. The Kier molecular flexibility index (Phi) is 5.63. The van der Waals surface area contributed by atoms with Gasteiger partial charge < -0.3 is 14.6 Å². The smallest absolute Gasteiger partial charge is 0.230 e. The molecule has 3 aromatic rings. The van der Waals surface area contributed by atoms with Crippen molar-refractivity contribution in [2.75, 3.05) is 12.9 Å². The highest BCUT2D eigenvalue weighted by molar-refractivity contribution is 7.99. The number of hydrogen-bond acceptors (Lipinski definition) is 7. The molecule has 1 aromatic carbocycles. The molecule has 3 rings (SSSR count). The van der Waals surface area contributed by atoms with Gasteiger partial charge in [-0.05, 0) is 30.3 Å². The van der Waals surface area contributed by atoms with Crippen molar-refractivity contribution in [2.45, 2.75) is 11.7 Å². The van der Waals surface area contributed by atoms with Crippen LogP contribution in [0.3, 0.4) is 0 Å². The zero-order valence-electron chi connectivity index (χ0n) is 13.5. The van der Waals surface area contributed by atoms with Gasteiger partial charge in [0.15, 0.2) is 10.9 Å². The van der Waals surface area contributed by atoms with Gasteiger partial charge in [0.2, 0.25) is 5.91 Å². The molecule has 0 bridgehead atoms. The Balaban J connectivity index is 1.50. The average molecular weight is 356 g/mol. The predicted molar refractivity (Wildman–Crippen MR) is 93.1 cm³/mol. The fourth-order valence-corrected chi connectivity index (χ4v) is 2.65. The molecule has 0 saturated heterocycles. The van der Waals surface area contributed by atoms with Gasteiger partial charge in [-0.1, -0.05) is 16.9 Å². The van der Waals surface area contributed by atoms with Crippen LogP contribution in [0.4, 0.5) is 0 Å². The molecule has 0 aliphatic rings. The lowest BCUT2D eigenvalue weighted by molar-refractivity contribution is -0.118. The molecule has 0 unspecified atom stereocenters. The maximum Gasteiger partial charge on any atom is 0.230 e. The third kappa shape index (κ3) is 4.80. The van der Waals surface area contributed by atoms with Gasteiger partial charge >= 0.3 is 0 Å². The first kappa shape index (κ1) is 17.0. The lowest BCUT2D eigenvalue weighted by Crippen LogP contribution is -2.24. The van der Waals surface area contributed by atoms with E-state index in [2.05, 4.69) is 20.4 Å². The Hall–Kier alpha value is -2.87. The Bertz CT molecular complexity index is 821. The summed E-state index contributed by atoms with van der Waals surface area (Å²) in [5.41, 5.74) is 1.54. The molecule has 0 spiro atoms. The van der Waals surface area contributed by atoms with E-state index in [0.29, 0.717) is 23.2 Å². The Morgan fingerprint density at radius 2 is 2.00 bits per heavy atom. The first-order valence-electron chi connectivity index (χ1n) is 7.51. The van der Waals surface area contributed by atoms with E-state index in [-0.39, 0.29) is 11.7 Å². The standard InChI is InChI=1S/C17H16N4O3S/c1-23-14-5-3-12(4-6-14)15-9-13(21-24-15)10-20-16(22)11-25-17-18-7-2-8-19-17/h2-9H,10-11H2,1H3,(H,20,22). The van der Waals surface area contributed by atoms with Crippen molar-refractivity contribution in [3.05, 3.63) is 54.5 Å². The maximum atomic E-state index is 11.9. The molecule has 7 nitrogen and oxygen atoms in total. The third-order valence-corrected chi connectivity index (χ3v) is 4.15. The molecule has 128 valence electrons. The second kappa shape index (κ2) is 8.29.